The summed E-state index contributed by atoms with van der Waals surface area (Å²) in [6.45, 7) is 2.27. The molecule has 3 rings (SSSR count). The lowest BCUT2D eigenvalue weighted by atomic mass is 9.78. The van der Waals surface area contributed by atoms with E-state index in [4.69, 9.17) is 0 Å². The number of benzene rings is 1. The minimum atomic E-state index is -0.868. The molecular weight excluding hydrogens is 378 g/mol. The molecule has 1 aliphatic rings. The van der Waals surface area contributed by atoms with E-state index in [-0.39, 0.29) is 0 Å². The zero-order valence-corrected chi connectivity index (χ0v) is 18.4. The van der Waals surface area contributed by atoms with Crippen molar-refractivity contribution in [1.82, 2.24) is 9.97 Å². The van der Waals surface area contributed by atoms with Gasteiger partial charge < -0.3 is 0 Å². The lowest BCUT2D eigenvalue weighted by molar-refractivity contribution is 0.248. The maximum absolute atomic E-state index is 13.4. The predicted molar refractivity (Wildman–Crippen MR) is 119 cm³/mol. The average Bonchev–Trinajstić information content (AvgIpc) is 2.78. The van der Waals surface area contributed by atoms with Crippen LogP contribution in [-0.2, 0) is 6.42 Å². The summed E-state index contributed by atoms with van der Waals surface area (Å²) in [6, 6.07) is 3.77. The second-order valence-electron chi connectivity index (χ2n) is 9.03. The van der Waals surface area contributed by atoms with E-state index in [1.165, 1.54) is 83.1 Å². The minimum absolute atomic E-state index is 0.438. The highest BCUT2D eigenvalue weighted by Crippen LogP contribution is 2.34. The van der Waals surface area contributed by atoms with Crippen LogP contribution in [0.15, 0.2) is 30.6 Å². The van der Waals surface area contributed by atoms with E-state index in [9.17, 15) is 8.78 Å². The van der Waals surface area contributed by atoms with E-state index in [0.29, 0.717) is 11.4 Å². The molecule has 0 spiro atoms. The molecule has 1 fully saturated rings. The van der Waals surface area contributed by atoms with E-state index in [2.05, 4.69) is 16.9 Å². The van der Waals surface area contributed by atoms with Crippen molar-refractivity contribution in [3.05, 3.63) is 47.8 Å². The number of aryl methyl sites for hydroxylation is 1. The monoisotopic (exact) mass is 414 g/mol. The molecule has 1 heterocycles. The lowest BCUT2D eigenvalue weighted by Crippen LogP contribution is -2.15. The fraction of sp³-hybridized carbons (Fsp3) is 0.615. The highest BCUT2D eigenvalue weighted by atomic mass is 19.2. The van der Waals surface area contributed by atoms with Gasteiger partial charge in [-0.25, -0.2) is 18.7 Å². The minimum Gasteiger partial charge on any atom is -0.236 e. The van der Waals surface area contributed by atoms with Gasteiger partial charge in [-0.3, -0.25) is 0 Å². The molecule has 1 saturated carbocycles. The molecule has 1 aliphatic carbocycles. The number of aromatic nitrogens is 2. The van der Waals surface area contributed by atoms with Crippen molar-refractivity contribution in [2.75, 3.05) is 0 Å². The first-order valence-corrected chi connectivity index (χ1v) is 11.9. The van der Waals surface area contributed by atoms with Gasteiger partial charge in [0.2, 0.25) is 0 Å². The van der Waals surface area contributed by atoms with Gasteiger partial charge in [-0.2, -0.15) is 0 Å². The molecule has 0 N–H and O–H groups in total. The Labute approximate surface area is 180 Å². The van der Waals surface area contributed by atoms with Crippen LogP contribution >= 0.6 is 0 Å². The Bertz CT molecular complexity index is 752. The quantitative estimate of drug-likeness (QED) is 0.349. The molecule has 4 heteroatoms. The second-order valence-corrected chi connectivity index (χ2v) is 9.03. The fourth-order valence-electron chi connectivity index (χ4n) is 4.66. The molecule has 0 radical (unpaired) electrons. The first kappa shape index (κ1) is 22.8. The Kier molecular flexibility index (Phi) is 9.23. The fourth-order valence-corrected chi connectivity index (χ4v) is 4.66. The summed E-state index contributed by atoms with van der Waals surface area (Å²) >= 11 is 0. The van der Waals surface area contributed by atoms with Crippen molar-refractivity contribution in [3.8, 4) is 11.4 Å². The number of rotatable bonds is 11. The Hall–Kier alpha value is -1.84. The van der Waals surface area contributed by atoms with Gasteiger partial charge >= 0.3 is 0 Å². The largest absolute Gasteiger partial charge is 0.236 e. The Morgan fingerprint density at radius 2 is 1.43 bits per heavy atom. The Morgan fingerprint density at radius 1 is 0.800 bits per heavy atom. The van der Waals surface area contributed by atoms with E-state index >= 15 is 0 Å². The molecule has 1 aromatic carbocycles. The summed E-state index contributed by atoms with van der Waals surface area (Å²) in [4.78, 5) is 8.71. The van der Waals surface area contributed by atoms with Crippen molar-refractivity contribution in [3.63, 3.8) is 0 Å². The topological polar surface area (TPSA) is 25.8 Å². The SMILES string of the molecule is CCCCCCCC[C@H]1CC[C@H](CCc2cnc(-c3ccc(F)c(F)c3)nc2)CC1. The van der Waals surface area contributed by atoms with Crippen molar-refractivity contribution in [2.24, 2.45) is 11.8 Å². The molecule has 2 aromatic rings. The number of unbranched alkanes of at least 4 members (excludes halogenated alkanes) is 5. The summed E-state index contributed by atoms with van der Waals surface area (Å²) in [5.41, 5.74) is 1.62. The average molecular weight is 415 g/mol. The third kappa shape index (κ3) is 7.14. The Morgan fingerprint density at radius 3 is 2.10 bits per heavy atom. The third-order valence-electron chi connectivity index (χ3n) is 6.66. The summed E-state index contributed by atoms with van der Waals surface area (Å²) < 4.78 is 26.5. The normalized spacial score (nSPS) is 19.2. The molecule has 0 unspecified atom stereocenters. The van der Waals surface area contributed by atoms with Crippen LogP contribution < -0.4 is 0 Å². The summed E-state index contributed by atoms with van der Waals surface area (Å²) in [5.74, 6) is 0.486. The third-order valence-corrected chi connectivity index (χ3v) is 6.66. The lowest BCUT2D eigenvalue weighted by Gasteiger charge is -2.28. The van der Waals surface area contributed by atoms with E-state index in [1.54, 1.807) is 0 Å². The van der Waals surface area contributed by atoms with Crippen molar-refractivity contribution < 1.29 is 8.78 Å². The van der Waals surface area contributed by atoms with Crippen molar-refractivity contribution in [1.29, 1.82) is 0 Å². The summed E-state index contributed by atoms with van der Waals surface area (Å²) in [7, 11) is 0. The molecule has 164 valence electrons. The van der Waals surface area contributed by atoms with E-state index in [1.807, 2.05) is 12.4 Å². The first-order valence-electron chi connectivity index (χ1n) is 11.9. The van der Waals surface area contributed by atoms with Gasteiger partial charge in [0.25, 0.3) is 0 Å². The Balaban J connectivity index is 1.35. The number of hydrogen-bond acceptors (Lipinski definition) is 2. The van der Waals surface area contributed by atoms with Crippen LogP contribution in [0.1, 0.15) is 89.5 Å². The van der Waals surface area contributed by atoms with Crippen LogP contribution in [0.5, 0.6) is 0 Å². The van der Waals surface area contributed by atoms with Crippen molar-refractivity contribution >= 4 is 0 Å². The highest BCUT2D eigenvalue weighted by molar-refractivity contribution is 5.54. The smallest absolute Gasteiger partial charge is 0.159 e. The summed E-state index contributed by atoms with van der Waals surface area (Å²) in [5, 5.41) is 0. The van der Waals surface area contributed by atoms with Gasteiger partial charge in [-0.1, -0.05) is 77.6 Å². The van der Waals surface area contributed by atoms with E-state index < -0.39 is 11.6 Å². The van der Waals surface area contributed by atoms with Crippen molar-refractivity contribution in [2.45, 2.75) is 90.4 Å². The molecular formula is C26H36F2N2. The van der Waals surface area contributed by atoms with Gasteiger partial charge in [-0.15, -0.1) is 0 Å². The van der Waals surface area contributed by atoms with Crippen LogP contribution in [0.2, 0.25) is 0 Å². The zero-order valence-electron chi connectivity index (χ0n) is 18.4. The van der Waals surface area contributed by atoms with Gasteiger partial charge in [0.1, 0.15) is 0 Å². The summed E-state index contributed by atoms with van der Waals surface area (Å²) in [6.07, 6.45) is 21.1. The molecule has 1 aromatic heterocycles. The first-order chi connectivity index (χ1) is 14.7. The molecule has 30 heavy (non-hydrogen) atoms. The van der Waals surface area contributed by atoms with E-state index in [0.717, 1.165) is 36.0 Å². The standard InChI is InChI=1S/C26H36F2N2/c1-2-3-4-5-6-7-8-20-9-11-21(12-10-20)13-14-22-18-29-26(30-19-22)23-15-16-24(27)25(28)17-23/h15-21H,2-14H2,1H3/t20-,21-. The molecule has 0 amide bonds. The van der Waals surface area contributed by atoms with Gasteiger partial charge in [-0.05, 0) is 48.4 Å². The van der Waals surface area contributed by atoms with Gasteiger partial charge in [0, 0.05) is 18.0 Å². The molecule has 0 saturated heterocycles. The molecule has 2 nitrogen and oxygen atoms in total. The molecule has 0 aliphatic heterocycles. The second kappa shape index (κ2) is 12.1. The predicted octanol–water partition coefficient (Wildman–Crippen LogP) is 7.91. The van der Waals surface area contributed by atoms with Gasteiger partial charge in [0.05, 0.1) is 0 Å². The maximum Gasteiger partial charge on any atom is 0.159 e. The molecule has 0 bridgehead atoms. The van der Waals surface area contributed by atoms with Crippen LogP contribution in [0.3, 0.4) is 0 Å². The molecule has 0 atom stereocenters. The van der Waals surface area contributed by atoms with Gasteiger partial charge in [0.15, 0.2) is 17.5 Å². The van der Waals surface area contributed by atoms with Crippen LogP contribution in [0, 0.1) is 23.5 Å². The van der Waals surface area contributed by atoms with Crippen LogP contribution in [0.4, 0.5) is 8.78 Å². The number of hydrogen-bond donors (Lipinski definition) is 0. The number of halogens is 2. The van der Waals surface area contributed by atoms with Crippen LogP contribution in [-0.4, -0.2) is 9.97 Å². The maximum atomic E-state index is 13.4. The van der Waals surface area contributed by atoms with Crippen LogP contribution in [0.25, 0.3) is 11.4 Å². The highest BCUT2D eigenvalue weighted by Gasteiger charge is 2.20. The number of nitrogens with zero attached hydrogens (tertiary/aromatic N) is 2. The zero-order chi connectivity index (χ0) is 21.2.